The van der Waals surface area contributed by atoms with Crippen LogP contribution in [0.15, 0.2) is 24.3 Å². The third-order valence-electron chi connectivity index (χ3n) is 2.80. The average Bonchev–Trinajstić information content (AvgIpc) is 2.38. The maximum atomic E-state index is 11.2. The Hall–Kier alpha value is -2.04. The van der Waals surface area contributed by atoms with E-state index in [-0.39, 0.29) is 18.4 Å². The maximum absolute atomic E-state index is 11.2. The lowest BCUT2D eigenvalue weighted by Gasteiger charge is -2.14. The van der Waals surface area contributed by atoms with Gasteiger partial charge in [-0.05, 0) is 31.0 Å². The van der Waals surface area contributed by atoms with E-state index in [2.05, 4.69) is 10.6 Å². The van der Waals surface area contributed by atoms with Crippen LogP contribution in [0.4, 0.5) is 5.69 Å². The molecular weight excluding hydrogens is 244 g/mol. The van der Waals surface area contributed by atoms with E-state index < -0.39 is 5.97 Å². The highest BCUT2D eigenvalue weighted by molar-refractivity contribution is 5.78. The smallest absolute Gasteiger partial charge is 0.303 e. The van der Waals surface area contributed by atoms with Gasteiger partial charge in [0.15, 0.2) is 0 Å². The number of benzene rings is 1. The molecule has 0 saturated heterocycles. The minimum Gasteiger partial charge on any atom is -0.481 e. The van der Waals surface area contributed by atoms with Crippen molar-refractivity contribution in [2.24, 2.45) is 0 Å². The Morgan fingerprint density at radius 3 is 2.42 bits per heavy atom. The Morgan fingerprint density at radius 1 is 1.26 bits per heavy atom. The Kier molecular flexibility index (Phi) is 5.85. The molecule has 0 heterocycles. The van der Waals surface area contributed by atoms with Gasteiger partial charge in [0.2, 0.25) is 5.91 Å². The lowest BCUT2D eigenvalue weighted by molar-refractivity contribution is -0.137. The number of amides is 1. The first-order valence-electron chi connectivity index (χ1n) is 6.29. The highest BCUT2D eigenvalue weighted by Gasteiger charge is 2.06. The molecule has 1 unspecified atom stereocenters. The molecule has 5 nitrogen and oxygen atoms in total. The zero-order valence-electron chi connectivity index (χ0n) is 11.3. The molecule has 0 spiro atoms. The van der Waals surface area contributed by atoms with Crippen LogP contribution in [-0.4, -0.2) is 30.1 Å². The summed E-state index contributed by atoms with van der Waals surface area (Å²) in [6, 6.07) is 7.68. The highest BCUT2D eigenvalue weighted by Crippen LogP contribution is 2.13. The molecule has 0 saturated carbocycles. The van der Waals surface area contributed by atoms with Crippen molar-refractivity contribution in [3.63, 3.8) is 0 Å². The van der Waals surface area contributed by atoms with Crippen molar-refractivity contribution in [1.82, 2.24) is 5.32 Å². The van der Waals surface area contributed by atoms with E-state index in [1.807, 2.05) is 31.2 Å². The monoisotopic (exact) mass is 264 g/mol. The van der Waals surface area contributed by atoms with E-state index in [1.165, 1.54) is 0 Å². The minimum atomic E-state index is -0.783. The molecule has 0 aliphatic heterocycles. The number of rotatable bonds is 7. The van der Waals surface area contributed by atoms with E-state index >= 15 is 0 Å². The first kappa shape index (κ1) is 15.0. The van der Waals surface area contributed by atoms with E-state index in [9.17, 15) is 9.59 Å². The van der Waals surface area contributed by atoms with Crippen molar-refractivity contribution in [2.45, 2.75) is 32.2 Å². The second-order valence-corrected chi connectivity index (χ2v) is 4.52. The Labute approximate surface area is 113 Å². The second kappa shape index (κ2) is 7.41. The molecule has 0 fully saturated rings. The van der Waals surface area contributed by atoms with Gasteiger partial charge in [0.25, 0.3) is 0 Å². The predicted octanol–water partition coefficient (Wildman–Crippen LogP) is 1.64. The fourth-order valence-corrected chi connectivity index (χ4v) is 1.69. The summed E-state index contributed by atoms with van der Waals surface area (Å²) in [6.45, 7) is 1.95. The number of carboxylic acids is 1. The summed E-state index contributed by atoms with van der Waals surface area (Å²) in [4.78, 5) is 21.7. The summed E-state index contributed by atoms with van der Waals surface area (Å²) < 4.78 is 0. The number of likely N-dealkylation sites (N-methyl/N-ethyl adjacent to an activating group) is 1. The SMILES string of the molecule is CNC(=O)Cc1ccc(NC(C)CCC(=O)O)cc1. The zero-order chi connectivity index (χ0) is 14.3. The zero-order valence-corrected chi connectivity index (χ0v) is 11.3. The van der Waals surface area contributed by atoms with E-state index in [0.29, 0.717) is 12.8 Å². The van der Waals surface area contributed by atoms with Gasteiger partial charge >= 0.3 is 5.97 Å². The van der Waals surface area contributed by atoms with Crippen LogP contribution in [0.1, 0.15) is 25.3 Å². The van der Waals surface area contributed by atoms with Crippen molar-refractivity contribution >= 4 is 17.6 Å². The average molecular weight is 264 g/mol. The minimum absolute atomic E-state index is 0.0180. The molecule has 0 aromatic heterocycles. The second-order valence-electron chi connectivity index (χ2n) is 4.52. The van der Waals surface area contributed by atoms with Crippen LogP contribution in [0.5, 0.6) is 0 Å². The van der Waals surface area contributed by atoms with Crippen LogP contribution in [-0.2, 0) is 16.0 Å². The van der Waals surface area contributed by atoms with Gasteiger partial charge in [-0.3, -0.25) is 9.59 Å². The number of hydrogen-bond acceptors (Lipinski definition) is 3. The predicted molar refractivity (Wildman–Crippen MR) is 74.2 cm³/mol. The van der Waals surface area contributed by atoms with Crippen LogP contribution in [0.25, 0.3) is 0 Å². The normalized spacial score (nSPS) is 11.7. The van der Waals surface area contributed by atoms with Crippen LogP contribution in [0, 0.1) is 0 Å². The molecule has 0 aliphatic carbocycles. The molecule has 1 aromatic carbocycles. The number of carboxylic acid groups (broad SMARTS) is 1. The highest BCUT2D eigenvalue weighted by atomic mass is 16.4. The van der Waals surface area contributed by atoms with Crippen LogP contribution >= 0.6 is 0 Å². The molecule has 5 heteroatoms. The Bertz CT molecular complexity index is 429. The molecule has 1 amide bonds. The number of nitrogens with one attached hydrogen (secondary N) is 2. The number of anilines is 1. The molecule has 1 rings (SSSR count). The van der Waals surface area contributed by atoms with E-state index in [4.69, 9.17) is 5.11 Å². The standard InChI is InChI=1S/C14H20N2O3/c1-10(3-8-14(18)19)16-12-6-4-11(5-7-12)9-13(17)15-2/h4-7,10,16H,3,8-9H2,1-2H3,(H,15,17)(H,18,19). The van der Waals surface area contributed by atoms with Gasteiger partial charge in [0.1, 0.15) is 0 Å². The molecular formula is C14H20N2O3. The van der Waals surface area contributed by atoms with Gasteiger partial charge in [-0.1, -0.05) is 12.1 Å². The lowest BCUT2D eigenvalue weighted by atomic mass is 10.1. The fraction of sp³-hybridized carbons (Fsp3) is 0.429. The summed E-state index contributed by atoms with van der Waals surface area (Å²) in [5, 5.41) is 14.4. The van der Waals surface area contributed by atoms with Crippen LogP contribution < -0.4 is 10.6 Å². The number of carbonyl (C=O) groups excluding carboxylic acids is 1. The van der Waals surface area contributed by atoms with Crippen molar-refractivity contribution in [3.8, 4) is 0 Å². The third kappa shape index (κ3) is 5.90. The molecule has 0 bridgehead atoms. The van der Waals surface area contributed by atoms with Crippen molar-refractivity contribution in [2.75, 3.05) is 12.4 Å². The van der Waals surface area contributed by atoms with Crippen molar-refractivity contribution in [1.29, 1.82) is 0 Å². The molecule has 3 N–H and O–H groups in total. The van der Waals surface area contributed by atoms with Gasteiger partial charge in [0, 0.05) is 25.2 Å². The van der Waals surface area contributed by atoms with Crippen molar-refractivity contribution in [3.05, 3.63) is 29.8 Å². The number of carbonyl (C=O) groups is 2. The Balaban J connectivity index is 2.47. The van der Waals surface area contributed by atoms with Crippen LogP contribution in [0.3, 0.4) is 0 Å². The first-order valence-corrected chi connectivity index (χ1v) is 6.29. The quantitative estimate of drug-likeness (QED) is 0.699. The van der Waals surface area contributed by atoms with E-state index in [1.54, 1.807) is 7.05 Å². The third-order valence-corrected chi connectivity index (χ3v) is 2.80. The summed E-state index contributed by atoms with van der Waals surface area (Å²) in [6.07, 6.45) is 1.10. The summed E-state index contributed by atoms with van der Waals surface area (Å²) in [5.74, 6) is -0.801. The number of aliphatic carboxylic acids is 1. The van der Waals surface area contributed by atoms with Crippen molar-refractivity contribution < 1.29 is 14.7 Å². The molecule has 104 valence electrons. The van der Waals surface area contributed by atoms with Gasteiger partial charge in [-0.25, -0.2) is 0 Å². The number of hydrogen-bond donors (Lipinski definition) is 3. The fourth-order valence-electron chi connectivity index (χ4n) is 1.69. The summed E-state index contributed by atoms with van der Waals surface area (Å²) in [7, 11) is 1.61. The van der Waals surface area contributed by atoms with E-state index in [0.717, 1.165) is 11.3 Å². The molecule has 1 atom stereocenters. The van der Waals surface area contributed by atoms with Gasteiger partial charge in [0.05, 0.1) is 6.42 Å². The van der Waals surface area contributed by atoms with Gasteiger partial charge < -0.3 is 15.7 Å². The molecule has 0 radical (unpaired) electrons. The lowest BCUT2D eigenvalue weighted by Crippen LogP contribution is -2.20. The largest absolute Gasteiger partial charge is 0.481 e. The topological polar surface area (TPSA) is 78.4 Å². The summed E-state index contributed by atoms with van der Waals surface area (Å²) in [5.41, 5.74) is 1.88. The summed E-state index contributed by atoms with van der Waals surface area (Å²) >= 11 is 0. The Morgan fingerprint density at radius 2 is 1.89 bits per heavy atom. The molecule has 0 aliphatic rings. The molecule has 1 aromatic rings. The molecule has 19 heavy (non-hydrogen) atoms. The maximum Gasteiger partial charge on any atom is 0.303 e. The van der Waals surface area contributed by atoms with Crippen LogP contribution in [0.2, 0.25) is 0 Å². The first-order chi connectivity index (χ1) is 9.01. The van der Waals surface area contributed by atoms with Gasteiger partial charge in [-0.15, -0.1) is 0 Å². The van der Waals surface area contributed by atoms with Gasteiger partial charge in [-0.2, -0.15) is 0 Å².